The number of nitrogens with zero attached hydrogens (tertiary/aromatic N) is 3. The molecule has 3 aromatic carbocycles. The summed E-state index contributed by atoms with van der Waals surface area (Å²) in [4.78, 5) is 4.92. The predicted octanol–water partition coefficient (Wildman–Crippen LogP) is 14.0. The van der Waals surface area contributed by atoms with Crippen molar-refractivity contribution in [3.63, 3.8) is 0 Å². The van der Waals surface area contributed by atoms with Gasteiger partial charge in [0, 0.05) is 40.7 Å². The van der Waals surface area contributed by atoms with Gasteiger partial charge in [0.05, 0.1) is 33.8 Å². The van der Waals surface area contributed by atoms with Gasteiger partial charge in [0.15, 0.2) is 17.9 Å². The number of quaternary nitrogens is 1. The first kappa shape index (κ1) is 43.7. The highest BCUT2D eigenvalue weighted by atomic mass is 28.3. The standard InChI is InChI=1S/C54H70N4Si/c1-14-22-41(15-2)27-29-47-45-25-20-21-26-46(45)50-30-28-44(59(11,12)13)36-57(50)51(47)33-39(8)58(10,16-3)52-31-32-55-40(9)53(52)56-54-48(37(4)5)34-43(35-49(54)38(6)7)42-23-18-17-19-24-42/h14,17-26,28,30-32,34-38,47,51,56H,1,8,15-16,27,29,33H2,2-7,9-13H3/q+2/b41-22+. The molecule has 59 heavy (non-hydrogen) atoms. The minimum Gasteiger partial charge on any atom is -0.349 e. The van der Waals surface area contributed by atoms with Gasteiger partial charge in [0.1, 0.15) is 11.4 Å². The van der Waals surface area contributed by atoms with Crippen LogP contribution in [0.4, 0.5) is 17.1 Å². The number of aryl methyl sites for hydroxylation is 1. The zero-order valence-electron chi connectivity index (χ0n) is 38.0. The summed E-state index contributed by atoms with van der Waals surface area (Å²) in [5, 5.41) is 5.58. The fourth-order valence-corrected chi connectivity index (χ4v) is 10.3. The van der Waals surface area contributed by atoms with E-state index in [1.54, 1.807) is 0 Å². The minimum absolute atomic E-state index is 0.208. The Kier molecular flexibility index (Phi) is 13.5. The Bertz CT molecular complexity index is 2300. The van der Waals surface area contributed by atoms with E-state index in [0.29, 0.717) is 22.2 Å². The second kappa shape index (κ2) is 18.2. The summed E-state index contributed by atoms with van der Waals surface area (Å²) in [6, 6.07) is 32.0. The second-order valence-electron chi connectivity index (χ2n) is 18.6. The Morgan fingerprint density at radius 2 is 1.54 bits per heavy atom. The fraction of sp³-hybridized carbons (Fsp3) is 0.370. The van der Waals surface area contributed by atoms with Crippen LogP contribution in [0.1, 0.15) is 113 Å². The molecule has 6 rings (SSSR count). The first-order chi connectivity index (χ1) is 28.1. The minimum atomic E-state index is -1.61. The molecule has 1 aliphatic heterocycles. The molecule has 3 unspecified atom stereocenters. The molecule has 308 valence electrons. The lowest BCUT2D eigenvalue weighted by Gasteiger charge is -2.38. The van der Waals surface area contributed by atoms with Gasteiger partial charge in [0.2, 0.25) is 5.69 Å². The average molecular weight is 803 g/mol. The van der Waals surface area contributed by atoms with E-state index in [1.807, 2.05) is 12.3 Å². The van der Waals surface area contributed by atoms with E-state index in [2.05, 4.69) is 189 Å². The van der Waals surface area contributed by atoms with Crippen molar-refractivity contribution >= 4 is 30.3 Å². The maximum atomic E-state index is 5.05. The lowest BCUT2D eigenvalue weighted by Crippen LogP contribution is -2.54. The average Bonchev–Trinajstić information content (AvgIpc) is 3.22. The number of anilines is 2. The van der Waals surface area contributed by atoms with Gasteiger partial charge in [-0.2, -0.15) is 4.57 Å². The fourth-order valence-electron chi connectivity index (χ4n) is 9.18. The highest BCUT2D eigenvalue weighted by Gasteiger charge is 2.44. The SMILES string of the molecule is C=C/C=C(\CC)CCC1c2ccccc2-c2ccc([Si](C)(C)C)c[n+]2C1CC(=C)[N+](C)(CC)c1ccnc(C)c1Nc1c(C(C)C)cc(-c2ccccc2)cc1C(C)C. The first-order valence-corrected chi connectivity index (χ1v) is 25.6. The molecule has 0 aliphatic carbocycles. The van der Waals surface area contributed by atoms with Crippen LogP contribution >= 0.6 is 0 Å². The van der Waals surface area contributed by atoms with Gasteiger partial charge in [-0.15, -0.1) is 0 Å². The van der Waals surface area contributed by atoms with Crippen molar-refractivity contribution in [2.24, 2.45) is 0 Å². The zero-order valence-corrected chi connectivity index (χ0v) is 39.0. The summed E-state index contributed by atoms with van der Waals surface area (Å²) < 4.78 is 3.26. The number of hydrogen-bond acceptors (Lipinski definition) is 2. The molecule has 1 aliphatic rings. The van der Waals surface area contributed by atoms with Gasteiger partial charge in [-0.25, -0.2) is 0 Å². The molecule has 0 saturated carbocycles. The third-order valence-corrected chi connectivity index (χ3v) is 15.1. The molecule has 0 amide bonds. The Labute approximate surface area is 358 Å². The maximum absolute atomic E-state index is 5.05. The van der Waals surface area contributed by atoms with Gasteiger partial charge < -0.3 is 5.32 Å². The van der Waals surface area contributed by atoms with Crippen LogP contribution in [0.5, 0.6) is 0 Å². The van der Waals surface area contributed by atoms with Crippen molar-refractivity contribution in [1.82, 2.24) is 9.47 Å². The smallest absolute Gasteiger partial charge is 0.213 e. The number of allylic oxidation sites excluding steroid dienone is 4. The number of fused-ring (bicyclic) bond motifs is 3. The molecule has 0 bridgehead atoms. The van der Waals surface area contributed by atoms with E-state index in [0.717, 1.165) is 43.6 Å². The molecule has 3 atom stereocenters. The van der Waals surface area contributed by atoms with E-state index < -0.39 is 8.07 Å². The van der Waals surface area contributed by atoms with Crippen LogP contribution in [-0.4, -0.2) is 26.7 Å². The molecule has 2 aromatic heterocycles. The van der Waals surface area contributed by atoms with Crippen LogP contribution in [0.3, 0.4) is 0 Å². The Hall–Kier alpha value is -4.84. The summed E-state index contributed by atoms with van der Waals surface area (Å²) >= 11 is 0. The van der Waals surface area contributed by atoms with Crippen molar-refractivity contribution in [2.45, 2.75) is 118 Å². The van der Waals surface area contributed by atoms with E-state index in [9.17, 15) is 0 Å². The van der Waals surface area contributed by atoms with Crippen LogP contribution < -0.4 is 19.6 Å². The van der Waals surface area contributed by atoms with Gasteiger partial charge in [-0.1, -0.05) is 133 Å². The van der Waals surface area contributed by atoms with Crippen LogP contribution in [0.15, 0.2) is 134 Å². The van der Waals surface area contributed by atoms with Crippen molar-refractivity contribution in [2.75, 3.05) is 18.9 Å². The number of pyridine rings is 2. The lowest BCUT2D eigenvalue weighted by molar-refractivity contribution is -0.717. The Morgan fingerprint density at radius 3 is 2.15 bits per heavy atom. The lowest BCUT2D eigenvalue weighted by atomic mass is 9.78. The summed E-state index contributed by atoms with van der Waals surface area (Å²) in [7, 11) is 0.759. The van der Waals surface area contributed by atoms with Crippen LogP contribution in [-0.2, 0) is 0 Å². The second-order valence-corrected chi connectivity index (χ2v) is 23.7. The molecule has 3 heterocycles. The normalized spacial score (nSPS) is 16.4. The van der Waals surface area contributed by atoms with Crippen molar-refractivity contribution in [3.05, 3.63) is 156 Å². The van der Waals surface area contributed by atoms with E-state index in [4.69, 9.17) is 11.6 Å². The molecule has 0 spiro atoms. The van der Waals surface area contributed by atoms with Crippen molar-refractivity contribution in [1.29, 1.82) is 0 Å². The maximum Gasteiger partial charge on any atom is 0.213 e. The van der Waals surface area contributed by atoms with E-state index in [1.165, 1.54) is 66.9 Å². The number of rotatable bonds is 16. The molecule has 1 N–H and O–H groups in total. The highest BCUT2D eigenvalue weighted by Crippen LogP contribution is 2.47. The molecule has 5 heteroatoms. The number of nitrogens with one attached hydrogen (secondary N) is 1. The third kappa shape index (κ3) is 9.02. The summed E-state index contributed by atoms with van der Waals surface area (Å²) in [5.41, 5.74) is 16.4. The van der Waals surface area contributed by atoms with E-state index >= 15 is 0 Å². The predicted molar refractivity (Wildman–Crippen MR) is 259 cm³/mol. The molecular formula is C54H70N4Si+2. The molecule has 0 radical (unpaired) electrons. The van der Waals surface area contributed by atoms with Crippen molar-refractivity contribution in [3.8, 4) is 22.4 Å². The highest BCUT2D eigenvalue weighted by molar-refractivity contribution is 6.88. The van der Waals surface area contributed by atoms with Gasteiger partial charge >= 0.3 is 0 Å². The number of benzene rings is 3. The van der Waals surface area contributed by atoms with Crippen LogP contribution in [0.2, 0.25) is 19.6 Å². The summed E-state index contributed by atoms with van der Waals surface area (Å²) in [6.07, 6.45) is 12.7. The van der Waals surface area contributed by atoms with Crippen LogP contribution in [0, 0.1) is 6.92 Å². The Morgan fingerprint density at radius 1 is 0.881 bits per heavy atom. The molecular weight excluding hydrogens is 733 g/mol. The zero-order chi connectivity index (χ0) is 42.6. The summed E-state index contributed by atoms with van der Waals surface area (Å²) in [5.74, 6) is 0.962. The third-order valence-electron chi connectivity index (χ3n) is 13.1. The quantitative estimate of drug-likeness (QED) is 0.0466. The van der Waals surface area contributed by atoms with Gasteiger partial charge in [0.25, 0.3) is 0 Å². The summed E-state index contributed by atoms with van der Waals surface area (Å²) in [6.45, 7) is 33.3. The number of hydrogen-bond donors (Lipinski definition) is 1. The largest absolute Gasteiger partial charge is 0.349 e. The Balaban J connectivity index is 1.47. The monoisotopic (exact) mass is 803 g/mol. The van der Waals surface area contributed by atoms with Crippen LogP contribution in [0.25, 0.3) is 22.4 Å². The topological polar surface area (TPSA) is 28.8 Å². The molecule has 0 fully saturated rings. The number of aromatic nitrogens is 2. The van der Waals surface area contributed by atoms with E-state index in [-0.39, 0.29) is 6.04 Å². The first-order valence-electron chi connectivity index (χ1n) is 22.1. The molecule has 0 saturated heterocycles. The molecule has 5 aromatic rings. The molecule has 4 nitrogen and oxygen atoms in total. The van der Waals surface area contributed by atoms with Crippen molar-refractivity contribution < 1.29 is 4.57 Å². The van der Waals surface area contributed by atoms with Gasteiger partial charge in [-0.05, 0) is 97.5 Å². The van der Waals surface area contributed by atoms with Gasteiger partial charge in [-0.3, -0.25) is 9.47 Å².